The number of thiazole rings is 1. The van der Waals surface area contributed by atoms with Crippen molar-refractivity contribution in [2.24, 2.45) is 0 Å². The summed E-state index contributed by atoms with van der Waals surface area (Å²) >= 11 is 1.43. The fourth-order valence-corrected chi connectivity index (χ4v) is 2.09. The van der Waals surface area contributed by atoms with Crippen LogP contribution in [-0.4, -0.2) is 17.6 Å². The zero-order valence-corrected chi connectivity index (χ0v) is 11.6. The van der Waals surface area contributed by atoms with E-state index >= 15 is 0 Å². The van der Waals surface area contributed by atoms with Crippen LogP contribution in [0.5, 0.6) is 10.9 Å². The Morgan fingerprint density at radius 1 is 1.37 bits per heavy atom. The average Bonchev–Trinajstić information content (AvgIpc) is 2.92. The van der Waals surface area contributed by atoms with Crippen LogP contribution in [0.2, 0.25) is 0 Å². The Bertz CT molecular complexity index is 522. The molecule has 0 spiro atoms. The largest absolute Gasteiger partial charge is 0.466 e. The first-order valence-electron chi connectivity index (χ1n) is 6.04. The molecule has 0 aliphatic rings. The lowest BCUT2D eigenvalue weighted by Crippen LogP contribution is -2.12. The molecule has 5 heteroatoms. The lowest BCUT2D eigenvalue weighted by molar-refractivity contribution is -0.144. The smallest absolute Gasteiger partial charge is 0.313 e. The zero-order valence-electron chi connectivity index (χ0n) is 10.8. The van der Waals surface area contributed by atoms with Gasteiger partial charge in [0.05, 0.1) is 12.5 Å². The first-order valence-corrected chi connectivity index (χ1v) is 6.92. The van der Waals surface area contributed by atoms with Crippen molar-refractivity contribution in [2.45, 2.75) is 19.8 Å². The maximum Gasteiger partial charge on any atom is 0.313 e. The van der Waals surface area contributed by atoms with Crippen LogP contribution in [0.25, 0.3) is 0 Å². The summed E-state index contributed by atoms with van der Waals surface area (Å²) in [6.07, 6.45) is 1.69. The van der Waals surface area contributed by atoms with Gasteiger partial charge in [0.2, 0.25) is 0 Å². The Labute approximate surface area is 116 Å². The van der Waals surface area contributed by atoms with E-state index in [4.69, 9.17) is 9.47 Å². The van der Waals surface area contributed by atoms with Crippen molar-refractivity contribution in [1.82, 2.24) is 4.98 Å². The molecule has 2 aromatic rings. The maximum absolute atomic E-state index is 11.6. The second kappa shape index (κ2) is 6.33. The van der Waals surface area contributed by atoms with Crippen molar-refractivity contribution in [3.8, 4) is 10.9 Å². The minimum atomic E-state index is -0.270. The van der Waals surface area contributed by atoms with Crippen LogP contribution in [0.3, 0.4) is 0 Å². The summed E-state index contributed by atoms with van der Waals surface area (Å²) in [4.78, 5) is 15.7. The molecule has 0 bridgehead atoms. The highest BCUT2D eigenvalue weighted by molar-refractivity contribution is 7.11. The van der Waals surface area contributed by atoms with Gasteiger partial charge in [0.25, 0.3) is 5.19 Å². The van der Waals surface area contributed by atoms with Crippen molar-refractivity contribution in [1.29, 1.82) is 0 Å². The van der Waals surface area contributed by atoms with Gasteiger partial charge in [-0.15, -0.1) is 0 Å². The van der Waals surface area contributed by atoms with Crippen molar-refractivity contribution in [2.75, 3.05) is 6.61 Å². The van der Waals surface area contributed by atoms with Crippen LogP contribution in [-0.2, 0) is 9.53 Å². The van der Waals surface area contributed by atoms with Gasteiger partial charge in [-0.05, 0) is 31.5 Å². The van der Waals surface area contributed by atoms with Gasteiger partial charge in [0, 0.05) is 11.6 Å². The lowest BCUT2D eigenvalue weighted by atomic mass is 10.0. The Hall–Kier alpha value is -1.88. The van der Waals surface area contributed by atoms with Crippen molar-refractivity contribution >= 4 is 17.3 Å². The number of aromatic nitrogens is 1. The fourth-order valence-electron chi connectivity index (χ4n) is 1.59. The molecule has 0 aliphatic carbocycles. The number of hydrogen-bond donors (Lipinski definition) is 0. The molecule has 19 heavy (non-hydrogen) atoms. The molecule has 4 nitrogen and oxygen atoms in total. The average molecular weight is 277 g/mol. The predicted molar refractivity (Wildman–Crippen MR) is 73.7 cm³/mol. The number of rotatable bonds is 5. The van der Waals surface area contributed by atoms with Gasteiger partial charge in [-0.1, -0.05) is 23.5 Å². The number of ether oxygens (including phenoxy) is 2. The first kappa shape index (κ1) is 13.5. The second-order valence-corrected chi connectivity index (χ2v) is 4.80. The molecule has 100 valence electrons. The Morgan fingerprint density at radius 2 is 2.11 bits per heavy atom. The predicted octanol–water partition coefficient (Wildman–Crippen LogP) is 3.60. The van der Waals surface area contributed by atoms with E-state index in [9.17, 15) is 4.79 Å². The van der Waals surface area contributed by atoms with Gasteiger partial charge in [0.1, 0.15) is 5.75 Å². The summed E-state index contributed by atoms with van der Waals surface area (Å²) in [5.41, 5.74) is 0.907. The molecule has 2 rings (SSSR count). The number of nitrogens with zero attached hydrogens (tertiary/aromatic N) is 1. The third-order valence-electron chi connectivity index (χ3n) is 2.64. The molecule has 0 N–H and O–H groups in total. The van der Waals surface area contributed by atoms with Crippen LogP contribution in [0.1, 0.15) is 25.3 Å². The number of hydrogen-bond acceptors (Lipinski definition) is 5. The molecule has 0 saturated carbocycles. The summed E-state index contributed by atoms with van der Waals surface area (Å²) in [5, 5.41) is 2.46. The summed E-state index contributed by atoms with van der Waals surface area (Å²) < 4.78 is 10.5. The van der Waals surface area contributed by atoms with Crippen LogP contribution in [0.4, 0.5) is 0 Å². The van der Waals surface area contributed by atoms with Gasteiger partial charge in [-0.2, -0.15) is 0 Å². The summed E-state index contributed by atoms with van der Waals surface area (Å²) in [6, 6.07) is 7.38. The molecule has 0 fully saturated rings. The third-order valence-corrected chi connectivity index (χ3v) is 3.28. The minimum Gasteiger partial charge on any atom is -0.466 e. The topological polar surface area (TPSA) is 48.4 Å². The standard InChI is InChI=1S/C14H15NO3S/c1-3-17-13(16)10(2)11-4-6-12(7-5-11)18-14-15-8-9-19-14/h4-10H,3H2,1-2H3. The van der Waals surface area contributed by atoms with E-state index in [0.29, 0.717) is 17.6 Å². The molecule has 1 heterocycles. The third kappa shape index (κ3) is 3.54. The van der Waals surface area contributed by atoms with Crippen molar-refractivity contribution in [3.05, 3.63) is 41.4 Å². The van der Waals surface area contributed by atoms with E-state index in [-0.39, 0.29) is 11.9 Å². The highest BCUT2D eigenvalue weighted by Gasteiger charge is 2.16. The molecular weight excluding hydrogens is 262 g/mol. The minimum absolute atomic E-state index is 0.212. The normalized spacial score (nSPS) is 11.9. The number of carbonyl (C=O) groups excluding carboxylic acids is 1. The van der Waals surface area contributed by atoms with Crippen LogP contribution in [0.15, 0.2) is 35.8 Å². The maximum atomic E-state index is 11.6. The number of carbonyl (C=O) groups is 1. The van der Waals surface area contributed by atoms with Gasteiger partial charge >= 0.3 is 5.97 Å². The van der Waals surface area contributed by atoms with E-state index in [2.05, 4.69) is 4.98 Å². The molecule has 0 saturated heterocycles. The fraction of sp³-hybridized carbons (Fsp3) is 0.286. The molecule has 0 amide bonds. The van der Waals surface area contributed by atoms with Gasteiger partial charge in [0.15, 0.2) is 0 Å². The Kier molecular flexibility index (Phi) is 4.52. The van der Waals surface area contributed by atoms with E-state index in [1.165, 1.54) is 11.3 Å². The molecule has 1 aromatic carbocycles. The number of esters is 1. The van der Waals surface area contributed by atoms with Gasteiger partial charge in [-0.25, -0.2) is 4.98 Å². The monoisotopic (exact) mass is 277 g/mol. The lowest BCUT2D eigenvalue weighted by Gasteiger charge is -2.11. The Morgan fingerprint density at radius 3 is 2.68 bits per heavy atom. The zero-order chi connectivity index (χ0) is 13.7. The van der Waals surface area contributed by atoms with E-state index in [1.54, 1.807) is 13.1 Å². The van der Waals surface area contributed by atoms with Crippen LogP contribution >= 0.6 is 11.3 Å². The van der Waals surface area contributed by atoms with Gasteiger partial charge in [-0.3, -0.25) is 4.79 Å². The summed E-state index contributed by atoms with van der Waals surface area (Å²) in [5.74, 6) is 0.222. The van der Waals surface area contributed by atoms with Crippen LogP contribution in [0, 0.1) is 0 Å². The van der Waals surface area contributed by atoms with E-state index < -0.39 is 0 Å². The highest BCUT2D eigenvalue weighted by atomic mass is 32.1. The second-order valence-electron chi connectivity index (χ2n) is 3.94. The first-order chi connectivity index (χ1) is 9.20. The van der Waals surface area contributed by atoms with E-state index in [1.807, 2.05) is 36.6 Å². The molecule has 0 radical (unpaired) electrons. The molecule has 1 aromatic heterocycles. The molecule has 1 atom stereocenters. The summed E-state index contributed by atoms with van der Waals surface area (Å²) in [7, 11) is 0. The van der Waals surface area contributed by atoms with Crippen LogP contribution < -0.4 is 4.74 Å². The highest BCUT2D eigenvalue weighted by Crippen LogP contribution is 2.25. The number of benzene rings is 1. The molecule has 1 unspecified atom stereocenters. The quantitative estimate of drug-likeness (QED) is 0.783. The Balaban J connectivity index is 2.03. The SMILES string of the molecule is CCOC(=O)C(C)c1ccc(Oc2nccs2)cc1. The van der Waals surface area contributed by atoms with Crippen molar-refractivity contribution in [3.63, 3.8) is 0 Å². The van der Waals surface area contributed by atoms with Gasteiger partial charge < -0.3 is 9.47 Å². The summed E-state index contributed by atoms with van der Waals surface area (Å²) in [6.45, 7) is 4.03. The molecular formula is C14H15NO3S. The van der Waals surface area contributed by atoms with Crippen molar-refractivity contribution < 1.29 is 14.3 Å². The molecule has 0 aliphatic heterocycles. The van der Waals surface area contributed by atoms with E-state index in [0.717, 1.165) is 5.56 Å².